The maximum Gasteiger partial charge on any atom is 0.224 e. The molecule has 0 aromatic carbocycles. The first-order valence-electron chi connectivity index (χ1n) is 8.24. The summed E-state index contributed by atoms with van der Waals surface area (Å²) in [6, 6.07) is 0. The molecular formula is C17H23NO4Si. The smallest absolute Gasteiger partial charge is 0.224 e. The van der Waals surface area contributed by atoms with E-state index in [4.69, 9.17) is 4.43 Å². The molecule has 1 N–H and O–H groups in total. The number of nitrogens with one attached hydrogen (secondary N) is 1. The van der Waals surface area contributed by atoms with E-state index < -0.39 is 20.2 Å². The number of ketones is 2. The summed E-state index contributed by atoms with van der Waals surface area (Å²) >= 11 is 0. The Hall–Kier alpha value is -1.53. The summed E-state index contributed by atoms with van der Waals surface area (Å²) in [6.07, 6.45) is 5.53. The van der Waals surface area contributed by atoms with Crippen molar-refractivity contribution in [2.75, 3.05) is 0 Å². The quantitative estimate of drug-likeness (QED) is 0.620. The molecule has 3 rings (SSSR count). The first kappa shape index (κ1) is 16.3. The van der Waals surface area contributed by atoms with Crippen LogP contribution in [0, 0.1) is 11.8 Å². The lowest BCUT2D eigenvalue weighted by molar-refractivity contribution is -0.134. The van der Waals surface area contributed by atoms with E-state index in [-0.39, 0.29) is 29.3 Å². The highest BCUT2D eigenvalue weighted by molar-refractivity contribution is 6.69. The topological polar surface area (TPSA) is 72.5 Å². The van der Waals surface area contributed by atoms with Gasteiger partial charge in [0.25, 0.3) is 0 Å². The predicted octanol–water partition coefficient (Wildman–Crippen LogP) is 2.10. The minimum atomic E-state index is -1.84. The third-order valence-electron chi connectivity index (χ3n) is 4.57. The van der Waals surface area contributed by atoms with Gasteiger partial charge in [-0.1, -0.05) is 12.2 Å². The average Bonchev–Trinajstić information content (AvgIpc) is 2.65. The van der Waals surface area contributed by atoms with Crippen molar-refractivity contribution in [1.82, 2.24) is 5.32 Å². The minimum Gasteiger partial charge on any atom is -0.411 e. The van der Waals surface area contributed by atoms with Gasteiger partial charge in [-0.25, -0.2) is 0 Å². The monoisotopic (exact) mass is 333 g/mol. The molecule has 0 radical (unpaired) electrons. The zero-order valence-electron chi connectivity index (χ0n) is 13.8. The van der Waals surface area contributed by atoms with Gasteiger partial charge in [-0.3, -0.25) is 14.4 Å². The molecule has 1 amide bonds. The standard InChI is InChI=1S/C17H23NO4Si/c1-23(2,3)22-12-8-4-6-10-14(12)16(20)11-7-5-9-13(19)18-15(11)17(10)21/h4,8,10,12,14H,5-7,9H2,1-3H3,(H,18,19). The summed E-state index contributed by atoms with van der Waals surface area (Å²) in [5.41, 5.74) is 0.752. The Morgan fingerprint density at radius 3 is 2.57 bits per heavy atom. The van der Waals surface area contributed by atoms with Crippen molar-refractivity contribution in [2.24, 2.45) is 11.8 Å². The number of Topliss-reactive ketones (excluding diaryl/α,β-unsaturated/α-hetero) is 2. The molecule has 6 heteroatoms. The second-order valence-corrected chi connectivity index (χ2v) is 11.9. The van der Waals surface area contributed by atoms with Crippen LogP contribution < -0.4 is 5.32 Å². The Labute approximate surface area is 137 Å². The van der Waals surface area contributed by atoms with E-state index in [2.05, 4.69) is 25.0 Å². The van der Waals surface area contributed by atoms with Crippen LogP contribution in [0.2, 0.25) is 19.6 Å². The molecule has 2 aliphatic carbocycles. The van der Waals surface area contributed by atoms with E-state index in [0.29, 0.717) is 31.3 Å². The van der Waals surface area contributed by atoms with Gasteiger partial charge in [0.2, 0.25) is 5.91 Å². The molecule has 0 saturated carbocycles. The second-order valence-electron chi connectivity index (χ2n) is 7.47. The van der Waals surface area contributed by atoms with Crippen LogP contribution in [0.3, 0.4) is 0 Å². The van der Waals surface area contributed by atoms with Crippen LogP contribution >= 0.6 is 0 Å². The lowest BCUT2D eigenvalue weighted by atomic mass is 9.69. The van der Waals surface area contributed by atoms with Crippen LogP contribution in [-0.4, -0.2) is 31.9 Å². The number of hydrogen-bond donors (Lipinski definition) is 1. The van der Waals surface area contributed by atoms with E-state index in [0.717, 1.165) is 0 Å². The molecule has 0 aromatic heterocycles. The van der Waals surface area contributed by atoms with E-state index in [1.807, 2.05) is 12.2 Å². The average molecular weight is 333 g/mol. The van der Waals surface area contributed by atoms with E-state index in [9.17, 15) is 14.4 Å². The van der Waals surface area contributed by atoms with E-state index in [1.54, 1.807) is 0 Å². The SMILES string of the molecule is C[Si](C)(C)OC1C=CCC2C(=O)C3=C(CCCC(=O)N3)C(=O)C12. The van der Waals surface area contributed by atoms with Crippen molar-refractivity contribution in [3.05, 3.63) is 23.4 Å². The summed E-state index contributed by atoms with van der Waals surface area (Å²) < 4.78 is 6.17. The molecular weight excluding hydrogens is 310 g/mol. The van der Waals surface area contributed by atoms with Crippen molar-refractivity contribution in [2.45, 2.75) is 51.4 Å². The summed E-state index contributed by atoms with van der Waals surface area (Å²) in [4.78, 5) is 37.6. The maximum absolute atomic E-state index is 13.0. The highest BCUT2D eigenvalue weighted by Crippen LogP contribution is 2.39. The van der Waals surface area contributed by atoms with Gasteiger partial charge in [-0.05, 0) is 38.9 Å². The van der Waals surface area contributed by atoms with Gasteiger partial charge < -0.3 is 9.74 Å². The van der Waals surface area contributed by atoms with Gasteiger partial charge in [0.05, 0.1) is 17.7 Å². The Kier molecular flexibility index (Phi) is 4.14. The molecule has 0 saturated heterocycles. The number of hydrogen-bond acceptors (Lipinski definition) is 4. The van der Waals surface area contributed by atoms with Gasteiger partial charge in [-0.15, -0.1) is 0 Å². The minimum absolute atomic E-state index is 0.0144. The number of fused-ring (bicyclic) bond motifs is 1. The molecule has 0 spiro atoms. The van der Waals surface area contributed by atoms with Crippen molar-refractivity contribution < 1.29 is 18.8 Å². The third-order valence-corrected chi connectivity index (χ3v) is 5.55. The summed E-state index contributed by atoms with van der Waals surface area (Å²) in [6.45, 7) is 6.24. The number of amides is 1. The van der Waals surface area contributed by atoms with Crippen molar-refractivity contribution in [1.29, 1.82) is 0 Å². The maximum atomic E-state index is 13.0. The van der Waals surface area contributed by atoms with Crippen LogP contribution in [0.4, 0.5) is 0 Å². The lowest BCUT2D eigenvalue weighted by Gasteiger charge is -2.39. The highest BCUT2D eigenvalue weighted by atomic mass is 28.4. The molecule has 1 aliphatic heterocycles. The molecule has 23 heavy (non-hydrogen) atoms. The first-order chi connectivity index (χ1) is 10.8. The summed E-state index contributed by atoms with van der Waals surface area (Å²) in [5, 5.41) is 2.67. The Morgan fingerprint density at radius 2 is 1.87 bits per heavy atom. The van der Waals surface area contributed by atoms with Gasteiger partial charge in [0.15, 0.2) is 19.9 Å². The van der Waals surface area contributed by atoms with Crippen LogP contribution in [0.15, 0.2) is 23.4 Å². The zero-order chi connectivity index (χ0) is 16.8. The lowest BCUT2D eigenvalue weighted by Crippen LogP contribution is -2.50. The Balaban J connectivity index is 1.98. The zero-order valence-corrected chi connectivity index (χ0v) is 14.8. The molecule has 124 valence electrons. The molecule has 0 bridgehead atoms. The molecule has 0 aromatic rings. The van der Waals surface area contributed by atoms with E-state index >= 15 is 0 Å². The Bertz CT molecular complexity index is 629. The Morgan fingerprint density at radius 1 is 1.13 bits per heavy atom. The molecule has 0 fully saturated rings. The molecule has 3 unspecified atom stereocenters. The number of allylic oxidation sites excluding steroid dienone is 3. The predicted molar refractivity (Wildman–Crippen MR) is 88.0 cm³/mol. The number of rotatable bonds is 2. The molecule has 5 nitrogen and oxygen atoms in total. The number of carbonyl (C=O) groups excluding carboxylic acids is 3. The van der Waals surface area contributed by atoms with Crippen molar-refractivity contribution in [3.8, 4) is 0 Å². The fourth-order valence-electron chi connectivity index (χ4n) is 3.65. The molecule has 1 heterocycles. The van der Waals surface area contributed by atoms with Crippen molar-refractivity contribution in [3.63, 3.8) is 0 Å². The molecule has 3 aliphatic rings. The van der Waals surface area contributed by atoms with Gasteiger partial charge in [-0.2, -0.15) is 0 Å². The normalized spacial score (nSPS) is 31.4. The van der Waals surface area contributed by atoms with E-state index in [1.165, 1.54) is 0 Å². The fourth-order valence-corrected chi connectivity index (χ4v) is 4.69. The largest absolute Gasteiger partial charge is 0.411 e. The number of carbonyl (C=O) groups is 3. The van der Waals surface area contributed by atoms with Crippen LogP contribution in [0.1, 0.15) is 25.7 Å². The van der Waals surface area contributed by atoms with Crippen molar-refractivity contribution >= 4 is 25.8 Å². The summed E-state index contributed by atoms with van der Waals surface area (Å²) in [7, 11) is -1.84. The third kappa shape index (κ3) is 3.10. The van der Waals surface area contributed by atoms with Crippen LogP contribution in [0.5, 0.6) is 0 Å². The molecule has 3 atom stereocenters. The first-order valence-corrected chi connectivity index (χ1v) is 11.6. The highest BCUT2D eigenvalue weighted by Gasteiger charge is 2.48. The van der Waals surface area contributed by atoms with Gasteiger partial charge >= 0.3 is 0 Å². The van der Waals surface area contributed by atoms with Gasteiger partial charge in [0.1, 0.15) is 0 Å². The fraction of sp³-hybridized carbons (Fsp3) is 0.588. The van der Waals surface area contributed by atoms with Crippen LogP contribution in [-0.2, 0) is 18.8 Å². The van der Waals surface area contributed by atoms with Gasteiger partial charge in [0, 0.05) is 17.9 Å². The summed E-state index contributed by atoms with van der Waals surface area (Å²) in [5.74, 6) is -1.14. The van der Waals surface area contributed by atoms with Crippen LogP contribution in [0.25, 0.3) is 0 Å². The second kappa shape index (κ2) is 5.83.